The van der Waals surface area contributed by atoms with E-state index in [9.17, 15) is 0 Å². The lowest BCUT2D eigenvalue weighted by Gasteiger charge is -2.23. The van der Waals surface area contributed by atoms with E-state index in [2.05, 4.69) is 22.5 Å². The lowest BCUT2D eigenvalue weighted by atomic mass is 9.86. The van der Waals surface area contributed by atoms with Crippen LogP contribution in [-0.4, -0.2) is 51.5 Å². The summed E-state index contributed by atoms with van der Waals surface area (Å²) in [6, 6.07) is 0. The third kappa shape index (κ3) is 6.66. The number of hydrogen-bond acceptors (Lipinski definition) is 3. The molecule has 122 valence electrons. The van der Waals surface area contributed by atoms with Gasteiger partial charge < -0.3 is 20.1 Å². The monoisotopic (exact) mass is 297 g/mol. The van der Waals surface area contributed by atoms with Crippen molar-refractivity contribution >= 4 is 5.96 Å². The molecule has 5 heteroatoms. The second-order valence-electron chi connectivity index (χ2n) is 6.01. The molecule has 0 radical (unpaired) electrons. The van der Waals surface area contributed by atoms with Crippen molar-refractivity contribution in [1.82, 2.24) is 10.6 Å². The number of ether oxygens (including phenoxy) is 2. The molecule has 0 amide bonds. The van der Waals surface area contributed by atoms with Gasteiger partial charge in [-0.05, 0) is 44.9 Å². The molecule has 1 atom stereocenters. The molecule has 1 saturated heterocycles. The average Bonchev–Trinajstić information content (AvgIpc) is 2.94. The minimum atomic E-state index is 0.333. The van der Waals surface area contributed by atoms with Crippen molar-refractivity contribution in [3.63, 3.8) is 0 Å². The van der Waals surface area contributed by atoms with Crippen LogP contribution in [0.25, 0.3) is 0 Å². The zero-order chi connectivity index (χ0) is 14.8. The molecule has 1 aliphatic heterocycles. The lowest BCUT2D eigenvalue weighted by Crippen LogP contribution is -2.38. The molecule has 2 rings (SSSR count). The van der Waals surface area contributed by atoms with Crippen LogP contribution in [0.4, 0.5) is 0 Å². The molecule has 0 aromatic heterocycles. The summed E-state index contributed by atoms with van der Waals surface area (Å²) >= 11 is 0. The molecular weight excluding hydrogens is 266 g/mol. The van der Waals surface area contributed by atoms with Gasteiger partial charge in [0.1, 0.15) is 0 Å². The standard InChI is InChI=1S/C16H31N3O2/c1-2-17-16(19-12-14-6-3-7-14)18-9-5-10-20-13-15-8-4-11-21-15/h14-15H,2-13H2,1H3,(H2,17,18,19). The Morgan fingerprint density at radius 1 is 1.24 bits per heavy atom. The molecule has 1 saturated carbocycles. The van der Waals surface area contributed by atoms with E-state index in [1.807, 2.05) is 0 Å². The molecule has 21 heavy (non-hydrogen) atoms. The Balaban J connectivity index is 1.49. The fraction of sp³-hybridized carbons (Fsp3) is 0.938. The largest absolute Gasteiger partial charge is 0.379 e. The van der Waals surface area contributed by atoms with Gasteiger partial charge >= 0.3 is 0 Å². The van der Waals surface area contributed by atoms with E-state index in [0.29, 0.717) is 6.10 Å². The summed E-state index contributed by atoms with van der Waals surface area (Å²) in [6.45, 7) is 7.31. The topological polar surface area (TPSA) is 54.9 Å². The highest BCUT2D eigenvalue weighted by atomic mass is 16.5. The van der Waals surface area contributed by atoms with Gasteiger partial charge in [0.2, 0.25) is 0 Å². The molecule has 0 bridgehead atoms. The van der Waals surface area contributed by atoms with Crippen LogP contribution in [-0.2, 0) is 9.47 Å². The van der Waals surface area contributed by atoms with Gasteiger partial charge in [0, 0.05) is 32.8 Å². The SMILES string of the molecule is CCNC(=NCC1CCC1)NCCCOCC1CCCO1. The molecule has 1 unspecified atom stereocenters. The van der Waals surface area contributed by atoms with Crippen LogP contribution >= 0.6 is 0 Å². The summed E-state index contributed by atoms with van der Waals surface area (Å²) in [4.78, 5) is 4.65. The number of hydrogen-bond donors (Lipinski definition) is 2. The maximum absolute atomic E-state index is 5.66. The van der Waals surface area contributed by atoms with Gasteiger partial charge in [0.05, 0.1) is 12.7 Å². The highest BCUT2D eigenvalue weighted by molar-refractivity contribution is 5.79. The molecule has 2 aliphatic rings. The van der Waals surface area contributed by atoms with E-state index in [4.69, 9.17) is 9.47 Å². The Morgan fingerprint density at radius 2 is 2.14 bits per heavy atom. The van der Waals surface area contributed by atoms with E-state index in [0.717, 1.165) is 64.2 Å². The Hall–Kier alpha value is -0.810. The maximum atomic E-state index is 5.66. The number of nitrogens with zero attached hydrogens (tertiary/aromatic N) is 1. The predicted molar refractivity (Wildman–Crippen MR) is 85.7 cm³/mol. The zero-order valence-corrected chi connectivity index (χ0v) is 13.4. The molecule has 0 aromatic rings. The van der Waals surface area contributed by atoms with Crippen molar-refractivity contribution in [2.24, 2.45) is 10.9 Å². The Bertz CT molecular complexity index is 300. The molecule has 0 aromatic carbocycles. The van der Waals surface area contributed by atoms with Crippen molar-refractivity contribution in [3.8, 4) is 0 Å². The summed E-state index contributed by atoms with van der Waals surface area (Å²) in [6.07, 6.45) is 7.74. The van der Waals surface area contributed by atoms with Gasteiger partial charge in [0.25, 0.3) is 0 Å². The van der Waals surface area contributed by atoms with Crippen LogP contribution < -0.4 is 10.6 Å². The average molecular weight is 297 g/mol. The minimum Gasteiger partial charge on any atom is -0.379 e. The van der Waals surface area contributed by atoms with Crippen LogP contribution in [0.2, 0.25) is 0 Å². The molecule has 5 nitrogen and oxygen atoms in total. The van der Waals surface area contributed by atoms with Crippen LogP contribution in [0.3, 0.4) is 0 Å². The van der Waals surface area contributed by atoms with Gasteiger partial charge in [-0.15, -0.1) is 0 Å². The third-order valence-electron chi connectivity index (χ3n) is 4.16. The Kier molecular flexibility index (Phi) is 7.89. The van der Waals surface area contributed by atoms with Crippen LogP contribution in [0, 0.1) is 5.92 Å². The molecule has 2 N–H and O–H groups in total. The van der Waals surface area contributed by atoms with Gasteiger partial charge in [0.15, 0.2) is 5.96 Å². The van der Waals surface area contributed by atoms with Crippen molar-refractivity contribution in [2.45, 2.75) is 51.6 Å². The molecule has 1 aliphatic carbocycles. The summed E-state index contributed by atoms with van der Waals surface area (Å²) < 4.78 is 11.2. The second kappa shape index (κ2) is 10.0. The summed E-state index contributed by atoms with van der Waals surface area (Å²) in [5.74, 6) is 1.76. The van der Waals surface area contributed by atoms with Crippen molar-refractivity contribution in [3.05, 3.63) is 0 Å². The van der Waals surface area contributed by atoms with Crippen molar-refractivity contribution in [1.29, 1.82) is 0 Å². The van der Waals surface area contributed by atoms with E-state index in [1.165, 1.54) is 25.7 Å². The minimum absolute atomic E-state index is 0.333. The first-order valence-electron chi connectivity index (χ1n) is 8.60. The summed E-state index contributed by atoms with van der Waals surface area (Å²) in [7, 11) is 0. The van der Waals surface area contributed by atoms with Crippen molar-refractivity contribution in [2.75, 3.05) is 39.5 Å². The van der Waals surface area contributed by atoms with Crippen LogP contribution in [0.1, 0.15) is 45.4 Å². The molecular formula is C16H31N3O2. The maximum Gasteiger partial charge on any atom is 0.191 e. The van der Waals surface area contributed by atoms with E-state index in [-0.39, 0.29) is 0 Å². The molecule has 0 spiro atoms. The van der Waals surface area contributed by atoms with Crippen LogP contribution in [0.15, 0.2) is 4.99 Å². The van der Waals surface area contributed by atoms with Crippen LogP contribution in [0.5, 0.6) is 0 Å². The van der Waals surface area contributed by atoms with E-state index >= 15 is 0 Å². The van der Waals surface area contributed by atoms with Gasteiger partial charge in [-0.2, -0.15) is 0 Å². The zero-order valence-electron chi connectivity index (χ0n) is 13.4. The highest BCUT2D eigenvalue weighted by Crippen LogP contribution is 2.26. The molecule has 1 heterocycles. The predicted octanol–water partition coefficient (Wildman–Crippen LogP) is 1.93. The Labute approximate surface area is 128 Å². The number of nitrogens with one attached hydrogen (secondary N) is 2. The number of aliphatic imine (C=N–C) groups is 1. The fourth-order valence-corrected chi connectivity index (χ4v) is 2.61. The number of rotatable bonds is 9. The second-order valence-corrected chi connectivity index (χ2v) is 6.01. The smallest absolute Gasteiger partial charge is 0.191 e. The first-order chi connectivity index (χ1) is 10.4. The first kappa shape index (κ1) is 16.6. The fourth-order valence-electron chi connectivity index (χ4n) is 2.61. The normalized spacial score (nSPS) is 23.1. The summed E-state index contributed by atoms with van der Waals surface area (Å²) in [5.41, 5.74) is 0. The van der Waals surface area contributed by atoms with Gasteiger partial charge in [-0.25, -0.2) is 0 Å². The molecule has 2 fully saturated rings. The highest BCUT2D eigenvalue weighted by Gasteiger charge is 2.17. The summed E-state index contributed by atoms with van der Waals surface area (Å²) in [5, 5.41) is 6.68. The van der Waals surface area contributed by atoms with Gasteiger partial charge in [-0.1, -0.05) is 6.42 Å². The van der Waals surface area contributed by atoms with Gasteiger partial charge in [-0.3, -0.25) is 4.99 Å². The third-order valence-corrected chi connectivity index (χ3v) is 4.16. The lowest BCUT2D eigenvalue weighted by molar-refractivity contribution is 0.0168. The number of guanidine groups is 1. The quantitative estimate of drug-likeness (QED) is 0.388. The first-order valence-corrected chi connectivity index (χ1v) is 8.60. The Morgan fingerprint density at radius 3 is 2.81 bits per heavy atom. The van der Waals surface area contributed by atoms with E-state index in [1.54, 1.807) is 0 Å². The van der Waals surface area contributed by atoms with E-state index < -0.39 is 0 Å². The van der Waals surface area contributed by atoms with Crippen molar-refractivity contribution < 1.29 is 9.47 Å².